The molecule has 1 heterocycles. The molecule has 0 atom stereocenters. The Morgan fingerprint density at radius 2 is 2.18 bits per heavy atom. The number of rotatable bonds is 4. The molecule has 0 radical (unpaired) electrons. The molecule has 0 N–H and O–H groups in total. The molecule has 0 unspecified atom stereocenters. The summed E-state index contributed by atoms with van der Waals surface area (Å²) in [4.78, 5) is 29.9. The summed E-state index contributed by atoms with van der Waals surface area (Å²) in [6, 6.07) is 4.94. The van der Waals surface area contributed by atoms with Crippen LogP contribution in [0.5, 0.6) is 0 Å². The van der Waals surface area contributed by atoms with Gasteiger partial charge in [0, 0.05) is 18.6 Å². The summed E-state index contributed by atoms with van der Waals surface area (Å²) in [6.07, 6.45) is 1.51. The Bertz CT molecular complexity index is 826. The zero-order valence-electron chi connectivity index (χ0n) is 11.7. The van der Waals surface area contributed by atoms with E-state index in [9.17, 15) is 9.59 Å². The fourth-order valence-corrected chi connectivity index (χ4v) is 2.46. The minimum Gasteiger partial charge on any atom is -0.343 e. The van der Waals surface area contributed by atoms with Crippen molar-refractivity contribution in [3.63, 3.8) is 0 Å². The fourth-order valence-electron chi connectivity index (χ4n) is 1.92. The predicted molar refractivity (Wildman–Crippen MR) is 83.9 cm³/mol. The number of fused-ring (bicyclic) bond motifs is 1. The Labute approximate surface area is 136 Å². The van der Waals surface area contributed by atoms with Crippen LogP contribution in [-0.4, -0.2) is 34.0 Å². The van der Waals surface area contributed by atoms with Crippen LogP contribution in [0.25, 0.3) is 10.9 Å². The zero-order chi connectivity index (χ0) is 16.3. The summed E-state index contributed by atoms with van der Waals surface area (Å²) in [6.45, 7) is 0.149. The second kappa shape index (κ2) is 6.77. The molecule has 6 nitrogen and oxygen atoms in total. The van der Waals surface area contributed by atoms with Gasteiger partial charge >= 0.3 is 0 Å². The SMILES string of the molecule is CN(CCC#N)C(=O)Cn1cnc2c(Cl)cc(Cl)cc2c1=O. The molecule has 1 aromatic carbocycles. The molecule has 0 saturated carbocycles. The molecule has 0 aliphatic rings. The summed E-state index contributed by atoms with van der Waals surface area (Å²) >= 11 is 11.9. The van der Waals surface area contributed by atoms with Gasteiger partial charge in [0.15, 0.2) is 0 Å². The average Bonchev–Trinajstić information content (AvgIpc) is 2.47. The molecule has 0 bridgehead atoms. The molecule has 0 spiro atoms. The molecule has 1 aromatic heterocycles. The lowest BCUT2D eigenvalue weighted by atomic mass is 10.2. The lowest BCUT2D eigenvalue weighted by Gasteiger charge is -2.16. The van der Waals surface area contributed by atoms with Crippen LogP contribution in [0.3, 0.4) is 0 Å². The summed E-state index contributed by atoms with van der Waals surface area (Å²) < 4.78 is 1.19. The van der Waals surface area contributed by atoms with Crippen molar-refractivity contribution >= 4 is 40.0 Å². The van der Waals surface area contributed by atoms with E-state index >= 15 is 0 Å². The third-order valence-corrected chi connectivity index (χ3v) is 3.64. The molecule has 114 valence electrons. The Balaban J connectivity index is 2.34. The summed E-state index contributed by atoms with van der Waals surface area (Å²) in [7, 11) is 1.58. The third-order valence-electron chi connectivity index (χ3n) is 3.14. The Morgan fingerprint density at radius 1 is 1.45 bits per heavy atom. The van der Waals surface area contributed by atoms with Crippen LogP contribution in [0.1, 0.15) is 6.42 Å². The van der Waals surface area contributed by atoms with Crippen molar-refractivity contribution in [3.05, 3.63) is 38.9 Å². The quantitative estimate of drug-likeness (QED) is 0.854. The second-order valence-corrected chi connectivity index (χ2v) is 5.53. The minimum atomic E-state index is -0.392. The molecule has 2 rings (SSSR count). The van der Waals surface area contributed by atoms with Gasteiger partial charge in [-0.05, 0) is 12.1 Å². The third kappa shape index (κ3) is 3.38. The number of nitrogens with zero attached hydrogens (tertiary/aromatic N) is 4. The molecule has 1 amide bonds. The maximum Gasteiger partial charge on any atom is 0.261 e. The van der Waals surface area contributed by atoms with E-state index in [4.69, 9.17) is 28.5 Å². The molecule has 22 heavy (non-hydrogen) atoms. The highest BCUT2D eigenvalue weighted by atomic mass is 35.5. The van der Waals surface area contributed by atoms with Gasteiger partial charge in [-0.3, -0.25) is 14.2 Å². The maximum absolute atomic E-state index is 12.4. The van der Waals surface area contributed by atoms with Crippen molar-refractivity contribution in [1.29, 1.82) is 5.26 Å². The maximum atomic E-state index is 12.4. The number of likely N-dealkylation sites (N-methyl/N-ethyl adjacent to an activating group) is 1. The number of carbonyl (C=O) groups is 1. The van der Waals surface area contributed by atoms with E-state index in [-0.39, 0.29) is 29.3 Å². The summed E-state index contributed by atoms with van der Waals surface area (Å²) in [5, 5.41) is 9.39. The summed E-state index contributed by atoms with van der Waals surface area (Å²) in [5.74, 6) is -0.286. The van der Waals surface area contributed by atoms with Gasteiger partial charge < -0.3 is 4.90 Å². The first-order chi connectivity index (χ1) is 10.4. The second-order valence-electron chi connectivity index (χ2n) is 4.68. The van der Waals surface area contributed by atoms with Crippen molar-refractivity contribution in [1.82, 2.24) is 14.5 Å². The first-order valence-electron chi connectivity index (χ1n) is 6.39. The summed E-state index contributed by atoms with van der Waals surface area (Å²) in [5.41, 5.74) is -0.0472. The molecular weight excluding hydrogens is 327 g/mol. The predicted octanol–water partition coefficient (Wildman–Crippen LogP) is 2.08. The van der Waals surface area contributed by atoms with E-state index in [0.29, 0.717) is 17.1 Å². The van der Waals surface area contributed by atoms with Crippen LogP contribution in [0.2, 0.25) is 10.0 Å². The first-order valence-corrected chi connectivity index (χ1v) is 7.14. The van der Waals surface area contributed by atoms with Crippen molar-refractivity contribution in [2.45, 2.75) is 13.0 Å². The largest absolute Gasteiger partial charge is 0.343 e. The van der Waals surface area contributed by atoms with Gasteiger partial charge in [0.1, 0.15) is 6.54 Å². The van der Waals surface area contributed by atoms with Crippen LogP contribution in [-0.2, 0) is 11.3 Å². The zero-order valence-corrected chi connectivity index (χ0v) is 13.2. The number of amides is 1. The van der Waals surface area contributed by atoms with Gasteiger partial charge in [-0.2, -0.15) is 5.26 Å². The number of benzene rings is 1. The van der Waals surface area contributed by atoms with E-state index < -0.39 is 5.56 Å². The highest BCUT2D eigenvalue weighted by Crippen LogP contribution is 2.23. The van der Waals surface area contributed by atoms with Gasteiger partial charge in [-0.15, -0.1) is 0 Å². The highest BCUT2D eigenvalue weighted by Gasteiger charge is 2.13. The molecule has 2 aromatic rings. The van der Waals surface area contributed by atoms with Crippen LogP contribution < -0.4 is 5.56 Å². The number of halogens is 2. The van der Waals surface area contributed by atoms with Crippen LogP contribution in [0, 0.1) is 11.3 Å². The highest BCUT2D eigenvalue weighted by molar-refractivity contribution is 6.38. The van der Waals surface area contributed by atoms with Gasteiger partial charge in [0.05, 0.1) is 34.7 Å². The van der Waals surface area contributed by atoms with E-state index in [1.165, 1.54) is 27.9 Å². The number of hydrogen-bond donors (Lipinski definition) is 0. The van der Waals surface area contributed by atoms with Crippen LogP contribution >= 0.6 is 23.2 Å². The van der Waals surface area contributed by atoms with Crippen LogP contribution in [0.4, 0.5) is 0 Å². The van der Waals surface area contributed by atoms with Gasteiger partial charge in [0.2, 0.25) is 5.91 Å². The minimum absolute atomic E-state index is 0.159. The lowest BCUT2D eigenvalue weighted by Crippen LogP contribution is -2.34. The van der Waals surface area contributed by atoms with Gasteiger partial charge in [-0.25, -0.2) is 4.98 Å². The van der Waals surface area contributed by atoms with Crippen molar-refractivity contribution in [3.8, 4) is 6.07 Å². The monoisotopic (exact) mass is 338 g/mol. The Hall–Kier alpha value is -2.10. The van der Waals surface area contributed by atoms with Crippen molar-refractivity contribution in [2.75, 3.05) is 13.6 Å². The van der Waals surface area contributed by atoms with Crippen molar-refractivity contribution in [2.24, 2.45) is 0 Å². The molecule has 0 aliphatic carbocycles. The van der Waals surface area contributed by atoms with E-state index in [0.717, 1.165) is 0 Å². The first kappa shape index (κ1) is 16.3. The lowest BCUT2D eigenvalue weighted by molar-refractivity contribution is -0.130. The van der Waals surface area contributed by atoms with Crippen molar-refractivity contribution < 1.29 is 4.79 Å². The molecule has 0 aliphatic heterocycles. The van der Waals surface area contributed by atoms with E-state index in [1.54, 1.807) is 7.05 Å². The standard InChI is InChI=1S/C14H12Cl2N4O2/c1-19(4-2-3-17)12(21)7-20-8-18-13-10(14(20)22)5-9(15)6-11(13)16/h5-6,8H,2,4,7H2,1H3. The number of aromatic nitrogens is 2. The number of hydrogen-bond acceptors (Lipinski definition) is 4. The van der Waals surface area contributed by atoms with Gasteiger partial charge in [-0.1, -0.05) is 23.2 Å². The number of nitriles is 1. The number of carbonyl (C=O) groups excluding carboxylic acids is 1. The average molecular weight is 339 g/mol. The smallest absolute Gasteiger partial charge is 0.261 e. The van der Waals surface area contributed by atoms with Crippen LogP contribution in [0.15, 0.2) is 23.3 Å². The molecule has 8 heteroatoms. The van der Waals surface area contributed by atoms with Gasteiger partial charge in [0.25, 0.3) is 5.56 Å². The molecular formula is C14H12Cl2N4O2. The van der Waals surface area contributed by atoms with E-state index in [2.05, 4.69) is 4.98 Å². The Kier molecular flexibility index (Phi) is 5.01. The fraction of sp³-hybridized carbons (Fsp3) is 0.286. The normalized spacial score (nSPS) is 10.5. The molecule has 0 saturated heterocycles. The molecule has 0 fully saturated rings. The van der Waals surface area contributed by atoms with E-state index in [1.807, 2.05) is 6.07 Å². The Morgan fingerprint density at radius 3 is 2.86 bits per heavy atom. The topological polar surface area (TPSA) is 79.0 Å².